The fraction of sp³-hybridized carbons (Fsp3) is 0.167. The van der Waals surface area contributed by atoms with Gasteiger partial charge in [0.15, 0.2) is 0 Å². The lowest BCUT2D eigenvalue weighted by molar-refractivity contribution is 0.146. The molecule has 0 atom stereocenters. The molecule has 0 fully saturated rings. The minimum atomic E-state index is -4.63. The monoisotopic (exact) mass is 279 g/mol. The Bertz CT molecular complexity index is 491. The second-order valence-electron chi connectivity index (χ2n) is 2.39. The number of hydrogen-bond donors (Lipinski definition) is 0. The summed E-state index contributed by atoms with van der Waals surface area (Å²) in [6, 6.07) is 0.546. The molecule has 0 radical (unpaired) electrons. The highest BCUT2D eigenvalue weighted by Gasteiger charge is 2.27. The van der Waals surface area contributed by atoms with Crippen LogP contribution in [-0.4, -0.2) is 13.4 Å². The smallest absolute Gasteiger partial charge is 0.207 e. The van der Waals surface area contributed by atoms with Crippen LogP contribution in [0, 0.1) is 5.95 Å². The van der Waals surface area contributed by atoms with Crippen LogP contribution >= 0.6 is 22.3 Å². The zero-order valence-electron chi connectivity index (χ0n) is 6.72. The molecular formula is C6H2Cl2F3NO2S. The van der Waals surface area contributed by atoms with E-state index in [0.29, 0.717) is 6.07 Å². The fourth-order valence-corrected chi connectivity index (χ4v) is 2.22. The summed E-state index contributed by atoms with van der Waals surface area (Å²) in [6.45, 7) is 0. The van der Waals surface area contributed by atoms with Crippen molar-refractivity contribution in [3.05, 3.63) is 22.7 Å². The van der Waals surface area contributed by atoms with Gasteiger partial charge in [-0.15, -0.1) is 0 Å². The molecule has 0 spiro atoms. The van der Waals surface area contributed by atoms with Gasteiger partial charge < -0.3 is 0 Å². The van der Waals surface area contributed by atoms with Gasteiger partial charge in [-0.3, -0.25) is 0 Å². The maximum absolute atomic E-state index is 13.0. The SMILES string of the molecule is O=S(=O)(Cl)c1c(C(F)F)cc(Cl)nc1F. The number of pyridine rings is 1. The Morgan fingerprint density at radius 2 is 1.93 bits per heavy atom. The van der Waals surface area contributed by atoms with Gasteiger partial charge in [-0.25, -0.2) is 22.2 Å². The van der Waals surface area contributed by atoms with Crippen molar-refractivity contribution in [1.29, 1.82) is 0 Å². The standard InChI is InChI=1S/C6H2Cl2F3NO2S/c7-3-1-2(5(9)10)4(6(11)12-3)15(8,13)14/h1,5H. The van der Waals surface area contributed by atoms with Gasteiger partial charge in [-0.2, -0.15) is 4.39 Å². The molecule has 9 heteroatoms. The first-order valence-corrected chi connectivity index (χ1v) is 6.01. The first-order chi connectivity index (χ1) is 6.73. The summed E-state index contributed by atoms with van der Waals surface area (Å²) in [5.41, 5.74) is -1.11. The zero-order valence-corrected chi connectivity index (χ0v) is 9.04. The van der Waals surface area contributed by atoms with Crippen LogP contribution in [0.25, 0.3) is 0 Å². The van der Waals surface area contributed by atoms with Crippen molar-refractivity contribution >= 4 is 31.3 Å². The Labute approximate surface area is 92.2 Å². The van der Waals surface area contributed by atoms with Gasteiger partial charge in [0.25, 0.3) is 15.5 Å². The molecule has 1 aromatic rings. The van der Waals surface area contributed by atoms with Gasteiger partial charge in [0.1, 0.15) is 10.0 Å². The lowest BCUT2D eigenvalue weighted by Gasteiger charge is -2.06. The minimum absolute atomic E-state index is 0.546. The highest BCUT2D eigenvalue weighted by molar-refractivity contribution is 8.13. The summed E-state index contributed by atoms with van der Waals surface area (Å²) < 4.78 is 59.3. The molecule has 0 amide bonds. The van der Waals surface area contributed by atoms with Crippen molar-refractivity contribution in [2.75, 3.05) is 0 Å². The predicted octanol–water partition coefficient (Wildman–Crippen LogP) is 2.74. The maximum atomic E-state index is 13.0. The second kappa shape index (κ2) is 4.15. The summed E-state index contributed by atoms with van der Waals surface area (Å²) >= 11 is 5.19. The Morgan fingerprint density at radius 3 is 2.33 bits per heavy atom. The highest BCUT2D eigenvalue weighted by atomic mass is 35.7. The van der Waals surface area contributed by atoms with E-state index in [4.69, 9.17) is 22.3 Å². The largest absolute Gasteiger partial charge is 0.266 e. The lowest BCUT2D eigenvalue weighted by atomic mass is 10.3. The molecule has 84 valence electrons. The summed E-state index contributed by atoms with van der Waals surface area (Å²) in [6.07, 6.45) is -3.22. The van der Waals surface area contributed by atoms with Crippen molar-refractivity contribution in [3.63, 3.8) is 0 Å². The normalized spacial score (nSPS) is 12.1. The molecule has 0 bridgehead atoms. The Balaban J connectivity index is 3.62. The molecule has 1 aromatic heterocycles. The van der Waals surface area contributed by atoms with Gasteiger partial charge in [0.2, 0.25) is 5.95 Å². The Morgan fingerprint density at radius 1 is 1.40 bits per heavy atom. The van der Waals surface area contributed by atoms with E-state index in [2.05, 4.69) is 4.98 Å². The third-order valence-corrected chi connectivity index (χ3v) is 2.96. The predicted molar refractivity (Wildman–Crippen MR) is 47.2 cm³/mol. The highest BCUT2D eigenvalue weighted by Crippen LogP contribution is 2.31. The average Bonchev–Trinajstić information content (AvgIpc) is 1.99. The Kier molecular flexibility index (Phi) is 3.47. The summed E-state index contributed by atoms with van der Waals surface area (Å²) in [4.78, 5) is 1.54. The topological polar surface area (TPSA) is 47.0 Å². The second-order valence-corrected chi connectivity index (χ2v) is 5.28. The van der Waals surface area contributed by atoms with E-state index in [1.54, 1.807) is 0 Å². The van der Waals surface area contributed by atoms with Gasteiger partial charge in [-0.05, 0) is 6.07 Å². The Hall–Kier alpha value is -0.530. The molecule has 15 heavy (non-hydrogen) atoms. The van der Waals surface area contributed by atoms with Crippen LogP contribution in [-0.2, 0) is 9.05 Å². The van der Waals surface area contributed by atoms with Gasteiger partial charge >= 0.3 is 0 Å². The third-order valence-electron chi connectivity index (χ3n) is 1.41. The number of alkyl halides is 2. The molecule has 0 aliphatic heterocycles. The average molecular weight is 280 g/mol. The molecule has 0 unspecified atom stereocenters. The summed E-state index contributed by atoms with van der Waals surface area (Å²) in [7, 11) is 0.151. The molecular weight excluding hydrogens is 278 g/mol. The number of aromatic nitrogens is 1. The van der Waals surface area contributed by atoms with Crippen LogP contribution in [0.1, 0.15) is 12.0 Å². The van der Waals surface area contributed by atoms with Crippen LogP contribution < -0.4 is 0 Å². The number of halogens is 5. The molecule has 0 aliphatic carbocycles. The van der Waals surface area contributed by atoms with E-state index >= 15 is 0 Å². The quantitative estimate of drug-likeness (QED) is 0.618. The van der Waals surface area contributed by atoms with Gasteiger partial charge in [0, 0.05) is 16.2 Å². The van der Waals surface area contributed by atoms with Crippen LogP contribution in [0.15, 0.2) is 11.0 Å². The molecule has 0 N–H and O–H groups in total. The van der Waals surface area contributed by atoms with E-state index in [1.807, 2.05) is 0 Å². The molecule has 0 saturated heterocycles. The molecule has 3 nitrogen and oxygen atoms in total. The molecule has 0 aromatic carbocycles. The maximum Gasteiger partial charge on any atom is 0.266 e. The van der Waals surface area contributed by atoms with Crippen LogP contribution in [0.2, 0.25) is 5.15 Å². The minimum Gasteiger partial charge on any atom is -0.207 e. The van der Waals surface area contributed by atoms with E-state index in [0.717, 1.165) is 0 Å². The number of hydrogen-bond acceptors (Lipinski definition) is 3. The van der Waals surface area contributed by atoms with Crippen LogP contribution in [0.4, 0.5) is 13.2 Å². The van der Waals surface area contributed by atoms with E-state index in [-0.39, 0.29) is 0 Å². The van der Waals surface area contributed by atoms with Crippen LogP contribution in [0.5, 0.6) is 0 Å². The zero-order chi connectivity index (χ0) is 11.8. The van der Waals surface area contributed by atoms with Crippen molar-refractivity contribution < 1.29 is 21.6 Å². The van der Waals surface area contributed by atoms with Gasteiger partial charge in [0.05, 0.1) is 0 Å². The molecule has 1 heterocycles. The van der Waals surface area contributed by atoms with Crippen molar-refractivity contribution in [2.45, 2.75) is 11.3 Å². The summed E-state index contributed by atoms with van der Waals surface area (Å²) in [5, 5.41) is -0.577. The van der Waals surface area contributed by atoms with Crippen molar-refractivity contribution in [2.24, 2.45) is 0 Å². The number of rotatable bonds is 2. The molecule has 0 aliphatic rings. The third kappa shape index (κ3) is 2.73. The van der Waals surface area contributed by atoms with E-state index in [1.165, 1.54) is 0 Å². The van der Waals surface area contributed by atoms with E-state index in [9.17, 15) is 21.6 Å². The first-order valence-electron chi connectivity index (χ1n) is 3.32. The van der Waals surface area contributed by atoms with E-state index < -0.39 is 37.0 Å². The fourth-order valence-electron chi connectivity index (χ4n) is 0.893. The molecule has 1 rings (SSSR count). The molecule has 0 saturated carbocycles. The van der Waals surface area contributed by atoms with Crippen molar-refractivity contribution in [1.82, 2.24) is 4.98 Å². The lowest BCUT2D eigenvalue weighted by Crippen LogP contribution is -2.05. The first kappa shape index (κ1) is 12.5. The number of nitrogens with zero attached hydrogens (tertiary/aromatic N) is 1. The van der Waals surface area contributed by atoms with Crippen molar-refractivity contribution in [3.8, 4) is 0 Å². The summed E-state index contributed by atoms with van der Waals surface area (Å²) in [5.74, 6) is -1.65. The van der Waals surface area contributed by atoms with Gasteiger partial charge in [-0.1, -0.05) is 11.6 Å². The van der Waals surface area contributed by atoms with Crippen LogP contribution in [0.3, 0.4) is 0 Å².